The lowest BCUT2D eigenvalue weighted by molar-refractivity contribution is -0.120. The molecule has 2 atom stereocenters. The zero-order chi connectivity index (χ0) is 15.0. The summed E-state index contributed by atoms with van der Waals surface area (Å²) >= 11 is 12.1. The molecule has 8 heteroatoms. The van der Waals surface area contributed by atoms with Crippen molar-refractivity contribution < 1.29 is 14.3 Å². The lowest BCUT2D eigenvalue weighted by Crippen LogP contribution is -2.39. The minimum absolute atomic E-state index is 0.0224. The molecule has 0 N–H and O–H groups in total. The van der Waals surface area contributed by atoms with Crippen molar-refractivity contribution in [1.29, 1.82) is 0 Å². The molecule has 114 valence electrons. The fraction of sp³-hybridized carbons (Fsp3) is 0.615. The van der Waals surface area contributed by atoms with E-state index in [4.69, 9.17) is 32.7 Å². The van der Waals surface area contributed by atoms with E-state index in [9.17, 15) is 4.79 Å². The number of aromatic nitrogens is 2. The Kier molecular flexibility index (Phi) is 4.31. The third-order valence-electron chi connectivity index (χ3n) is 3.85. The zero-order valence-corrected chi connectivity index (χ0v) is 13.0. The standard InChI is InChI=1S/C13H15Cl2N3O3/c1-20-4-3-8-9-10(14)16-13(15)17-11(9)18(12(8)19)7-2-5-21-6-7/h7-8H,2-6H2,1H3/t7-,8?/m1/s1. The van der Waals surface area contributed by atoms with E-state index in [2.05, 4.69) is 9.97 Å². The molecular weight excluding hydrogens is 317 g/mol. The molecule has 1 fully saturated rings. The van der Waals surface area contributed by atoms with E-state index in [1.54, 1.807) is 12.0 Å². The topological polar surface area (TPSA) is 64.5 Å². The van der Waals surface area contributed by atoms with E-state index in [0.717, 1.165) is 6.42 Å². The number of rotatable bonds is 4. The maximum Gasteiger partial charge on any atom is 0.236 e. The van der Waals surface area contributed by atoms with Crippen molar-refractivity contribution in [1.82, 2.24) is 9.97 Å². The first-order valence-corrected chi connectivity index (χ1v) is 7.51. The van der Waals surface area contributed by atoms with Gasteiger partial charge in [0.25, 0.3) is 0 Å². The Balaban J connectivity index is 2.03. The molecule has 3 rings (SSSR count). The van der Waals surface area contributed by atoms with Gasteiger partial charge in [0.1, 0.15) is 11.0 Å². The van der Waals surface area contributed by atoms with Crippen LogP contribution in [0.4, 0.5) is 5.82 Å². The van der Waals surface area contributed by atoms with Crippen LogP contribution in [0.2, 0.25) is 10.4 Å². The first-order chi connectivity index (χ1) is 10.1. The Morgan fingerprint density at radius 1 is 1.43 bits per heavy atom. The molecule has 0 bridgehead atoms. The first-order valence-electron chi connectivity index (χ1n) is 6.76. The summed E-state index contributed by atoms with van der Waals surface area (Å²) in [5.74, 6) is 0.0999. The number of hydrogen-bond acceptors (Lipinski definition) is 5. The summed E-state index contributed by atoms with van der Waals surface area (Å²) in [5.41, 5.74) is 0.648. The maximum atomic E-state index is 12.8. The number of carbonyl (C=O) groups excluding carboxylic acids is 1. The van der Waals surface area contributed by atoms with Crippen LogP contribution in [0.1, 0.15) is 24.3 Å². The van der Waals surface area contributed by atoms with Gasteiger partial charge < -0.3 is 9.47 Å². The summed E-state index contributed by atoms with van der Waals surface area (Å²) in [5, 5.41) is 0.281. The van der Waals surface area contributed by atoms with Crippen LogP contribution in [-0.4, -0.2) is 48.8 Å². The highest BCUT2D eigenvalue weighted by Gasteiger charge is 2.44. The number of nitrogens with zero attached hydrogens (tertiary/aromatic N) is 3. The van der Waals surface area contributed by atoms with Gasteiger partial charge in [-0.15, -0.1) is 0 Å². The predicted octanol–water partition coefficient (Wildman–Crippen LogP) is 2.04. The molecule has 0 saturated carbocycles. The van der Waals surface area contributed by atoms with Crippen molar-refractivity contribution in [2.75, 3.05) is 31.8 Å². The van der Waals surface area contributed by atoms with Crippen molar-refractivity contribution in [3.05, 3.63) is 16.0 Å². The van der Waals surface area contributed by atoms with Crippen molar-refractivity contribution in [3.8, 4) is 0 Å². The number of halogens is 2. The van der Waals surface area contributed by atoms with Gasteiger partial charge in [-0.3, -0.25) is 9.69 Å². The zero-order valence-electron chi connectivity index (χ0n) is 11.5. The van der Waals surface area contributed by atoms with Crippen molar-refractivity contribution in [2.24, 2.45) is 0 Å². The fourth-order valence-corrected chi connectivity index (χ4v) is 3.37. The number of carbonyl (C=O) groups is 1. The molecule has 1 aromatic heterocycles. The van der Waals surface area contributed by atoms with Gasteiger partial charge in [-0.2, -0.15) is 4.98 Å². The van der Waals surface area contributed by atoms with Crippen LogP contribution < -0.4 is 4.90 Å². The molecule has 1 saturated heterocycles. The molecule has 21 heavy (non-hydrogen) atoms. The van der Waals surface area contributed by atoms with Gasteiger partial charge in [0.15, 0.2) is 0 Å². The number of ether oxygens (including phenoxy) is 2. The van der Waals surface area contributed by atoms with Crippen molar-refractivity contribution >= 4 is 34.9 Å². The molecule has 2 aliphatic rings. The maximum absolute atomic E-state index is 12.8. The Labute approximate surface area is 132 Å². The highest BCUT2D eigenvalue weighted by Crippen LogP contribution is 2.43. The normalized spacial score (nSPS) is 24.7. The Morgan fingerprint density at radius 2 is 2.24 bits per heavy atom. The van der Waals surface area contributed by atoms with E-state index >= 15 is 0 Å². The fourth-order valence-electron chi connectivity index (χ4n) is 2.87. The molecule has 0 radical (unpaired) electrons. The summed E-state index contributed by atoms with van der Waals surface area (Å²) in [6, 6.07) is -0.0224. The second-order valence-corrected chi connectivity index (χ2v) is 5.78. The molecule has 2 aliphatic heterocycles. The summed E-state index contributed by atoms with van der Waals surface area (Å²) < 4.78 is 10.5. The van der Waals surface area contributed by atoms with Crippen molar-refractivity contribution in [3.63, 3.8) is 0 Å². The monoisotopic (exact) mass is 331 g/mol. The number of anilines is 1. The molecule has 1 aromatic rings. The third-order valence-corrected chi connectivity index (χ3v) is 4.30. The van der Waals surface area contributed by atoms with Gasteiger partial charge in [-0.05, 0) is 24.4 Å². The second kappa shape index (κ2) is 6.04. The van der Waals surface area contributed by atoms with Gasteiger partial charge in [-0.25, -0.2) is 4.98 Å². The quantitative estimate of drug-likeness (QED) is 0.624. The van der Waals surface area contributed by atoms with Crippen LogP contribution in [-0.2, 0) is 14.3 Å². The van der Waals surface area contributed by atoms with E-state index in [1.165, 1.54) is 0 Å². The van der Waals surface area contributed by atoms with E-state index in [0.29, 0.717) is 37.6 Å². The summed E-state index contributed by atoms with van der Waals surface area (Å²) in [7, 11) is 1.60. The molecule has 0 aliphatic carbocycles. The Hall–Kier alpha value is -0.950. The number of fused-ring (bicyclic) bond motifs is 1. The van der Waals surface area contributed by atoms with Gasteiger partial charge in [-0.1, -0.05) is 11.6 Å². The summed E-state index contributed by atoms with van der Waals surface area (Å²) in [6.07, 6.45) is 1.32. The minimum Gasteiger partial charge on any atom is -0.385 e. The van der Waals surface area contributed by atoms with Crippen LogP contribution in [0.3, 0.4) is 0 Å². The highest BCUT2D eigenvalue weighted by atomic mass is 35.5. The van der Waals surface area contributed by atoms with Crippen LogP contribution in [0.15, 0.2) is 0 Å². The number of hydrogen-bond donors (Lipinski definition) is 0. The largest absolute Gasteiger partial charge is 0.385 e. The second-order valence-electron chi connectivity index (χ2n) is 5.08. The number of amides is 1. The summed E-state index contributed by atoms with van der Waals surface area (Å²) in [4.78, 5) is 22.6. The molecule has 0 spiro atoms. The molecular formula is C13H15Cl2N3O3. The van der Waals surface area contributed by atoms with Crippen molar-refractivity contribution in [2.45, 2.75) is 24.8 Å². The van der Waals surface area contributed by atoms with Gasteiger partial charge in [0, 0.05) is 25.9 Å². The smallest absolute Gasteiger partial charge is 0.236 e. The average Bonchev–Trinajstić information content (AvgIpc) is 3.02. The lowest BCUT2D eigenvalue weighted by atomic mass is 10.0. The Bertz CT molecular complexity index is 564. The van der Waals surface area contributed by atoms with Crippen LogP contribution in [0.5, 0.6) is 0 Å². The lowest BCUT2D eigenvalue weighted by Gasteiger charge is -2.23. The third kappa shape index (κ3) is 2.61. The molecule has 1 amide bonds. The van der Waals surface area contributed by atoms with E-state index in [-0.39, 0.29) is 28.3 Å². The SMILES string of the molecule is COCCC1C(=O)N([C@@H]2CCOC2)c2nc(Cl)nc(Cl)c21. The molecule has 1 unspecified atom stereocenters. The minimum atomic E-state index is -0.384. The number of methoxy groups -OCH3 is 1. The summed E-state index contributed by atoms with van der Waals surface area (Å²) in [6.45, 7) is 1.60. The molecule has 6 nitrogen and oxygen atoms in total. The highest BCUT2D eigenvalue weighted by molar-refractivity contribution is 6.33. The predicted molar refractivity (Wildman–Crippen MR) is 78.0 cm³/mol. The van der Waals surface area contributed by atoms with Crippen LogP contribution >= 0.6 is 23.2 Å². The first kappa shape index (κ1) is 15.0. The van der Waals surface area contributed by atoms with E-state index < -0.39 is 0 Å². The van der Waals surface area contributed by atoms with Gasteiger partial charge >= 0.3 is 0 Å². The molecule has 0 aromatic carbocycles. The molecule has 3 heterocycles. The Morgan fingerprint density at radius 3 is 2.90 bits per heavy atom. The van der Waals surface area contributed by atoms with Crippen LogP contribution in [0, 0.1) is 0 Å². The van der Waals surface area contributed by atoms with E-state index in [1.807, 2.05) is 0 Å². The van der Waals surface area contributed by atoms with Gasteiger partial charge in [0.05, 0.1) is 18.6 Å². The van der Waals surface area contributed by atoms with Gasteiger partial charge in [0.2, 0.25) is 11.2 Å². The average molecular weight is 332 g/mol. The van der Waals surface area contributed by atoms with Crippen LogP contribution in [0.25, 0.3) is 0 Å².